The number of aryl methyl sites for hydroxylation is 1. The number of aromatic nitrogens is 1. The lowest BCUT2D eigenvalue weighted by Gasteiger charge is -2.18. The first-order chi connectivity index (χ1) is 13.0. The van der Waals surface area contributed by atoms with Gasteiger partial charge in [0.2, 0.25) is 0 Å². The summed E-state index contributed by atoms with van der Waals surface area (Å²) in [5.41, 5.74) is 0.181. The van der Waals surface area contributed by atoms with Gasteiger partial charge < -0.3 is 24.3 Å². The van der Waals surface area contributed by atoms with Crippen molar-refractivity contribution in [3.63, 3.8) is 0 Å². The van der Waals surface area contributed by atoms with Crippen molar-refractivity contribution < 1.29 is 32.9 Å². The van der Waals surface area contributed by atoms with Gasteiger partial charge in [-0.25, -0.2) is 0 Å². The fraction of sp³-hybridized carbons (Fsp3) is 0.167. The lowest BCUT2D eigenvalue weighted by molar-refractivity contribution is -0.274. The highest BCUT2D eigenvalue weighted by atomic mass is 35.5. The predicted molar refractivity (Wildman–Crippen MR) is 94.5 cm³/mol. The lowest BCUT2D eigenvalue weighted by Crippen LogP contribution is -2.23. The molecule has 1 heterocycles. The van der Waals surface area contributed by atoms with Crippen molar-refractivity contribution in [2.75, 3.05) is 0 Å². The number of halogens is 5. The average Bonchev–Trinajstić information content (AvgIpc) is 2.89. The summed E-state index contributed by atoms with van der Waals surface area (Å²) in [7, 11) is 1.52. The number of carbonyl (C=O) groups excluding carboxylic acids is 1. The molecule has 0 aliphatic rings. The van der Waals surface area contributed by atoms with Crippen LogP contribution in [0.25, 0.3) is 10.9 Å². The highest BCUT2D eigenvalue weighted by molar-refractivity contribution is 6.38. The number of alkyl halides is 3. The van der Waals surface area contributed by atoms with Gasteiger partial charge in [-0.1, -0.05) is 29.3 Å². The number of fused-ring (bicyclic) bond motifs is 1. The molecule has 0 bridgehead atoms. The molecule has 0 saturated heterocycles. The maximum Gasteiger partial charge on any atom is 0.573 e. The van der Waals surface area contributed by atoms with Crippen molar-refractivity contribution in [3.05, 3.63) is 63.3 Å². The third-order valence-electron chi connectivity index (χ3n) is 4.19. The van der Waals surface area contributed by atoms with Gasteiger partial charge in [-0.05, 0) is 24.3 Å². The van der Waals surface area contributed by atoms with Crippen molar-refractivity contribution in [2.24, 2.45) is 7.05 Å². The van der Waals surface area contributed by atoms with E-state index in [4.69, 9.17) is 23.2 Å². The molecule has 2 aromatic carbocycles. The minimum atomic E-state index is -4.84. The van der Waals surface area contributed by atoms with Crippen LogP contribution in [-0.4, -0.2) is 22.0 Å². The molecule has 1 aromatic heterocycles. The van der Waals surface area contributed by atoms with Gasteiger partial charge in [0.05, 0.1) is 22.2 Å². The minimum absolute atomic E-state index is 0.0221. The van der Waals surface area contributed by atoms with Crippen LogP contribution < -0.4 is 9.84 Å². The molecular weight excluding hydrogens is 422 g/mol. The fourth-order valence-corrected chi connectivity index (χ4v) is 3.57. The normalized spacial score (nSPS) is 13.0. The molecule has 0 aliphatic heterocycles. The Balaban J connectivity index is 2.10. The molecule has 3 rings (SSSR count). The highest BCUT2D eigenvalue weighted by Gasteiger charge is 2.31. The molecule has 10 heteroatoms. The molecular formula is C18H11Cl2F3NO4-. The van der Waals surface area contributed by atoms with Crippen molar-refractivity contribution >= 4 is 40.1 Å². The Hall–Kier alpha value is -2.42. The Bertz CT molecular complexity index is 1080. The van der Waals surface area contributed by atoms with Gasteiger partial charge in [0.15, 0.2) is 0 Å². The van der Waals surface area contributed by atoms with E-state index in [0.29, 0.717) is 10.9 Å². The summed E-state index contributed by atoms with van der Waals surface area (Å²) >= 11 is 12.2. The lowest BCUT2D eigenvalue weighted by atomic mass is 10.0. The Morgan fingerprint density at radius 2 is 1.89 bits per heavy atom. The fourth-order valence-electron chi connectivity index (χ4n) is 2.92. The minimum Gasteiger partial charge on any atom is -0.545 e. The van der Waals surface area contributed by atoms with Crippen molar-refractivity contribution in [1.29, 1.82) is 0 Å². The maximum absolute atomic E-state index is 12.4. The number of aromatic carboxylic acids is 1. The first kappa shape index (κ1) is 20.3. The summed E-state index contributed by atoms with van der Waals surface area (Å²) in [6.45, 7) is 0. The summed E-state index contributed by atoms with van der Waals surface area (Å²) in [6.07, 6.45) is -6.28. The molecule has 28 heavy (non-hydrogen) atoms. The average molecular weight is 433 g/mol. The molecule has 0 saturated carbocycles. The van der Waals surface area contributed by atoms with Crippen LogP contribution >= 0.6 is 23.2 Å². The third kappa shape index (κ3) is 3.76. The van der Waals surface area contributed by atoms with Gasteiger partial charge in [-0.2, -0.15) is 0 Å². The number of carbonyl (C=O) groups is 1. The van der Waals surface area contributed by atoms with Crippen LogP contribution in [0.2, 0.25) is 10.0 Å². The first-order valence-electron chi connectivity index (χ1n) is 7.72. The number of carboxylic acids is 1. The number of hydrogen-bond acceptors (Lipinski definition) is 4. The monoisotopic (exact) mass is 432 g/mol. The number of benzene rings is 2. The second-order valence-electron chi connectivity index (χ2n) is 5.91. The van der Waals surface area contributed by atoms with E-state index in [1.807, 2.05) is 0 Å². The second-order valence-corrected chi connectivity index (χ2v) is 6.69. The van der Waals surface area contributed by atoms with Gasteiger partial charge in [-0.3, -0.25) is 0 Å². The smallest absolute Gasteiger partial charge is 0.545 e. The molecule has 0 fully saturated rings. The van der Waals surface area contributed by atoms with Crippen LogP contribution in [0.5, 0.6) is 5.75 Å². The van der Waals surface area contributed by atoms with Crippen LogP contribution in [0, 0.1) is 0 Å². The molecule has 5 nitrogen and oxygen atoms in total. The number of carboxylic acid groups (broad SMARTS) is 1. The van der Waals surface area contributed by atoms with Gasteiger partial charge in [0.25, 0.3) is 0 Å². The van der Waals surface area contributed by atoms with Crippen LogP contribution in [0.1, 0.15) is 27.7 Å². The SMILES string of the molecule is Cn1c(C(O)c2c(Cl)ccc(C(=O)[O-])c2Cl)cc2ccc(OC(F)(F)F)cc21. The maximum atomic E-state index is 12.4. The summed E-state index contributed by atoms with van der Waals surface area (Å²) < 4.78 is 42.7. The summed E-state index contributed by atoms with van der Waals surface area (Å²) in [4.78, 5) is 11.2. The molecule has 0 radical (unpaired) electrons. The number of hydrogen-bond donors (Lipinski definition) is 1. The van der Waals surface area contributed by atoms with Gasteiger partial charge >= 0.3 is 6.36 Å². The van der Waals surface area contributed by atoms with Gasteiger partial charge in [-0.15, -0.1) is 13.2 Å². The van der Waals surface area contributed by atoms with Crippen LogP contribution in [0.3, 0.4) is 0 Å². The Morgan fingerprint density at radius 1 is 1.21 bits per heavy atom. The largest absolute Gasteiger partial charge is 0.573 e. The third-order valence-corrected chi connectivity index (χ3v) is 4.92. The molecule has 0 amide bonds. The summed E-state index contributed by atoms with van der Waals surface area (Å²) in [5.74, 6) is -1.96. The van der Waals surface area contributed by atoms with E-state index in [-0.39, 0.29) is 26.9 Å². The van der Waals surface area contributed by atoms with Gasteiger partial charge in [0, 0.05) is 34.6 Å². The van der Waals surface area contributed by atoms with Crippen molar-refractivity contribution in [3.8, 4) is 5.75 Å². The molecule has 3 aromatic rings. The van der Waals surface area contributed by atoms with E-state index in [2.05, 4.69) is 4.74 Å². The Morgan fingerprint density at radius 3 is 2.50 bits per heavy atom. The summed E-state index contributed by atoms with van der Waals surface area (Å²) in [6, 6.07) is 7.64. The molecule has 1 N–H and O–H groups in total. The number of nitrogens with zero attached hydrogens (tertiary/aromatic N) is 1. The van der Waals surface area contributed by atoms with Crippen LogP contribution in [0.4, 0.5) is 13.2 Å². The van der Waals surface area contributed by atoms with E-state index in [0.717, 1.165) is 12.1 Å². The number of aliphatic hydroxyl groups excluding tert-OH is 1. The van der Waals surface area contributed by atoms with Crippen molar-refractivity contribution in [1.82, 2.24) is 4.57 Å². The van der Waals surface area contributed by atoms with Crippen LogP contribution in [0.15, 0.2) is 36.4 Å². The van der Waals surface area contributed by atoms with E-state index < -0.39 is 24.2 Å². The van der Waals surface area contributed by atoms with E-state index in [1.54, 1.807) is 0 Å². The second kappa shape index (κ2) is 7.20. The number of rotatable bonds is 4. The number of aliphatic hydroxyl groups is 1. The topological polar surface area (TPSA) is 74.5 Å². The zero-order valence-corrected chi connectivity index (χ0v) is 15.6. The number of ether oxygens (including phenoxy) is 1. The molecule has 0 aliphatic carbocycles. The Labute approximate surface area is 166 Å². The standard InChI is InChI=1S/C18H12Cl2F3NO4/c1-24-12-7-9(28-18(21,22)23)3-2-8(12)6-13(24)16(25)14-11(19)5-4-10(15(14)20)17(26)27/h2-7,16,25H,1H3,(H,26,27)/p-1. The molecule has 1 unspecified atom stereocenters. The highest BCUT2D eigenvalue weighted by Crippen LogP contribution is 2.38. The van der Waals surface area contributed by atoms with Gasteiger partial charge in [0.1, 0.15) is 11.9 Å². The molecule has 1 atom stereocenters. The Kier molecular flexibility index (Phi) is 5.22. The van der Waals surface area contributed by atoms with E-state index >= 15 is 0 Å². The van der Waals surface area contributed by atoms with E-state index in [1.165, 1.54) is 35.9 Å². The molecule has 148 valence electrons. The first-order valence-corrected chi connectivity index (χ1v) is 8.47. The van der Waals surface area contributed by atoms with Crippen LogP contribution in [-0.2, 0) is 7.05 Å². The zero-order chi connectivity index (χ0) is 20.8. The predicted octanol–water partition coefficient (Wildman–Crippen LogP) is 3.83. The van der Waals surface area contributed by atoms with Crippen molar-refractivity contribution in [2.45, 2.75) is 12.5 Å². The summed E-state index contributed by atoms with van der Waals surface area (Å²) in [5, 5.41) is 22.2. The zero-order valence-electron chi connectivity index (χ0n) is 14.1. The van der Waals surface area contributed by atoms with E-state index in [9.17, 15) is 28.2 Å². The quantitative estimate of drug-likeness (QED) is 0.679. The molecule has 0 spiro atoms.